The van der Waals surface area contributed by atoms with Gasteiger partial charge in [-0.05, 0) is 59.7 Å². The van der Waals surface area contributed by atoms with Gasteiger partial charge >= 0.3 is 0 Å². The lowest BCUT2D eigenvalue weighted by Crippen LogP contribution is -2.03. The molecule has 4 aromatic heterocycles. The van der Waals surface area contributed by atoms with E-state index in [0.29, 0.717) is 17.5 Å². The average molecular weight is 822 g/mol. The van der Waals surface area contributed by atoms with Gasteiger partial charge in [0.05, 0.1) is 27.8 Å². The van der Waals surface area contributed by atoms with E-state index in [1.54, 1.807) is 11.3 Å². The second-order valence-corrected chi connectivity index (χ2v) is 17.0. The van der Waals surface area contributed by atoms with E-state index in [4.69, 9.17) is 15.0 Å². The molecule has 63 heavy (non-hydrogen) atoms. The summed E-state index contributed by atoms with van der Waals surface area (Å²) < 4.78 is 7.23. The lowest BCUT2D eigenvalue weighted by molar-refractivity contribution is 1.07. The topological polar surface area (TPSA) is 48.5 Å². The molecule has 0 aliphatic heterocycles. The number of para-hydroxylation sites is 5. The summed E-state index contributed by atoms with van der Waals surface area (Å²) in [5.41, 5.74) is 11.9. The summed E-state index contributed by atoms with van der Waals surface area (Å²) in [6.45, 7) is 0. The number of hydrogen-bond donors (Lipinski definition) is 0. The van der Waals surface area contributed by atoms with Crippen molar-refractivity contribution in [3.63, 3.8) is 0 Å². The first-order valence-corrected chi connectivity index (χ1v) is 22.0. The maximum Gasteiger partial charge on any atom is 0.166 e. The highest BCUT2D eigenvalue weighted by Gasteiger charge is 2.24. The van der Waals surface area contributed by atoms with E-state index < -0.39 is 0 Å². The van der Waals surface area contributed by atoms with E-state index >= 15 is 0 Å². The minimum Gasteiger partial charge on any atom is -0.307 e. The summed E-state index contributed by atoms with van der Waals surface area (Å²) in [6, 6.07) is 75.4. The average Bonchev–Trinajstić information content (AvgIpc) is 4.03. The van der Waals surface area contributed by atoms with Crippen LogP contribution in [0.3, 0.4) is 0 Å². The number of rotatable bonds is 6. The summed E-state index contributed by atoms with van der Waals surface area (Å²) in [4.78, 5) is 16.1. The zero-order chi connectivity index (χ0) is 41.4. The molecule has 0 saturated heterocycles. The van der Waals surface area contributed by atoms with Gasteiger partial charge in [-0.15, -0.1) is 11.3 Å². The minimum atomic E-state index is 0.618. The van der Waals surface area contributed by atoms with Crippen LogP contribution in [0.5, 0.6) is 0 Å². The van der Waals surface area contributed by atoms with Gasteiger partial charge in [0.1, 0.15) is 0 Å². The molecule has 4 heterocycles. The van der Waals surface area contributed by atoms with Crippen molar-refractivity contribution in [2.24, 2.45) is 0 Å². The van der Waals surface area contributed by atoms with Crippen molar-refractivity contribution in [1.29, 1.82) is 0 Å². The number of hydrogen-bond acceptors (Lipinski definition) is 4. The van der Waals surface area contributed by atoms with Crippen molar-refractivity contribution in [3.8, 4) is 56.7 Å². The van der Waals surface area contributed by atoms with Crippen molar-refractivity contribution in [2.45, 2.75) is 0 Å². The number of thiophene rings is 1. The SMILES string of the molecule is c1ccc(-c2nc(-c3cccc4c3sc3cccc(-c5ccccc5)c34)nc(-c3cccc4c5ccccc5n(-c5cccc6c7ccccc7n(-c7ccccc7)c56)c34)n2)cc1. The van der Waals surface area contributed by atoms with Crippen LogP contribution in [-0.4, -0.2) is 24.1 Å². The van der Waals surface area contributed by atoms with Gasteiger partial charge in [-0.2, -0.15) is 0 Å². The van der Waals surface area contributed by atoms with E-state index in [0.717, 1.165) is 65.6 Å². The molecule has 6 heteroatoms. The predicted molar refractivity (Wildman–Crippen MR) is 263 cm³/mol. The van der Waals surface area contributed by atoms with E-state index in [2.05, 4.69) is 203 Å². The van der Waals surface area contributed by atoms with Gasteiger partial charge in [0.2, 0.25) is 0 Å². The molecule has 0 atom stereocenters. The lowest BCUT2D eigenvalue weighted by atomic mass is 9.99. The van der Waals surface area contributed by atoms with E-state index in [1.165, 1.54) is 37.4 Å². The number of aromatic nitrogens is 5. The molecule has 0 bridgehead atoms. The minimum absolute atomic E-state index is 0.618. The van der Waals surface area contributed by atoms with Crippen LogP contribution in [0.2, 0.25) is 0 Å². The van der Waals surface area contributed by atoms with Crippen molar-refractivity contribution >= 4 is 75.1 Å². The van der Waals surface area contributed by atoms with Gasteiger partial charge in [0.15, 0.2) is 17.5 Å². The molecular formula is C57H35N5S. The third-order valence-corrected chi connectivity index (χ3v) is 13.6. The molecule has 13 aromatic rings. The Bertz CT molecular complexity index is 3900. The molecule has 0 spiro atoms. The van der Waals surface area contributed by atoms with Crippen LogP contribution in [0.15, 0.2) is 212 Å². The van der Waals surface area contributed by atoms with Crippen molar-refractivity contribution in [2.75, 3.05) is 0 Å². The van der Waals surface area contributed by atoms with Gasteiger partial charge in [0, 0.05) is 64.1 Å². The van der Waals surface area contributed by atoms with E-state index in [1.807, 2.05) is 18.2 Å². The van der Waals surface area contributed by atoms with E-state index in [-0.39, 0.29) is 0 Å². The highest BCUT2D eigenvalue weighted by atomic mass is 32.1. The van der Waals surface area contributed by atoms with Crippen molar-refractivity contribution in [3.05, 3.63) is 212 Å². The van der Waals surface area contributed by atoms with Crippen LogP contribution in [0, 0.1) is 0 Å². The monoisotopic (exact) mass is 821 g/mol. The summed E-state index contributed by atoms with van der Waals surface area (Å²) >= 11 is 1.80. The smallest absolute Gasteiger partial charge is 0.166 e. The maximum atomic E-state index is 5.48. The Morgan fingerprint density at radius 2 is 0.841 bits per heavy atom. The molecule has 0 unspecified atom stereocenters. The molecule has 0 radical (unpaired) electrons. The Morgan fingerprint density at radius 3 is 1.57 bits per heavy atom. The summed E-state index contributed by atoms with van der Waals surface area (Å²) in [6.07, 6.45) is 0. The number of fused-ring (bicyclic) bond motifs is 9. The van der Waals surface area contributed by atoms with Gasteiger partial charge in [-0.1, -0.05) is 164 Å². The van der Waals surface area contributed by atoms with Crippen LogP contribution in [0.25, 0.3) is 120 Å². The van der Waals surface area contributed by atoms with Crippen LogP contribution in [-0.2, 0) is 0 Å². The fraction of sp³-hybridized carbons (Fsp3) is 0. The quantitative estimate of drug-likeness (QED) is 0.168. The molecule has 0 saturated carbocycles. The van der Waals surface area contributed by atoms with Crippen molar-refractivity contribution < 1.29 is 0 Å². The van der Waals surface area contributed by atoms with Gasteiger partial charge < -0.3 is 9.13 Å². The lowest BCUT2D eigenvalue weighted by Gasteiger charge is -2.16. The second-order valence-electron chi connectivity index (χ2n) is 15.9. The molecule has 294 valence electrons. The largest absolute Gasteiger partial charge is 0.307 e. The standard InChI is InChI=1S/C57H35N5S/c1-4-18-36(19-5-1)39-26-17-35-50-51(39)44-29-15-31-46(54(44)63-50)57-59-55(37-20-6-2-7-21-37)58-56(60-57)45-30-14-27-42-40-24-11-13-33-48(40)62(52(42)45)49-34-16-28-43-41-25-10-12-32-47(41)61(53(43)49)38-22-8-3-9-23-38/h1-35H. The molecule has 9 aromatic carbocycles. The first-order chi connectivity index (χ1) is 31.3. The van der Waals surface area contributed by atoms with Gasteiger partial charge in [0.25, 0.3) is 0 Å². The third kappa shape index (κ3) is 5.52. The Hall–Kier alpha value is -8.19. The van der Waals surface area contributed by atoms with E-state index in [9.17, 15) is 0 Å². The van der Waals surface area contributed by atoms with Gasteiger partial charge in [-0.25, -0.2) is 15.0 Å². The number of nitrogens with zero attached hydrogens (tertiary/aromatic N) is 5. The third-order valence-electron chi connectivity index (χ3n) is 12.4. The molecule has 13 rings (SSSR count). The first kappa shape index (κ1) is 35.6. The van der Waals surface area contributed by atoms with Crippen molar-refractivity contribution in [1.82, 2.24) is 24.1 Å². The predicted octanol–water partition coefficient (Wildman–Crippen LogP) is 15.1. The number of benzene rings is 9. The molecule has 0 aliphatic carbocycles. The second kappa shape index (κ2) is 14.2. The molecule has 0 fully saturated rings. The molecule has 0 aliphatic rings. The van der Waals surface area contributed by atoms with Crippen LogP contribution in [0.4, 0.5) is 0 Å². The first-order valence-electron chi connectivity index (χ1n) is 21.2. The highest BCUT2D eigenvalue weighted by molar-refractivity contribution is 7.26. The summed E-state index contributed by atoms with van der Waals surface area (Å²) in [5, 5.41) is 7.14. The fourth-order valence-corrected chi connectivity index (χ4v) is 10.9. The van der Waals surface area contributed by atoms with Crippen LogP contribution >= 0.6 is 11.3 Å². The van der Waals surface area contributed by atoms with Crippen LogP contribution < -0.4 is 0 Å². The Balaban J connectivity index is 1.11. The Morgan fingerprint density at radius 1 is 0.333 bits per heavy atom. The summed E-state index contributed by atoms with van der Waals surface area (Å²) in [7, 11) is 0. The Kier molecular flexibility index (Phi) is 8.01. The fourth-order valence-electron chi connectivity index (χ4n) is 9.69. The molecule has 0 N–H and O–H groups in total. The molecule has 0 amide bonds. The zero-order valence-electron chi connectivity index (χ0n) is 33.9. The highest BCUT2D eigenvalue weighted by Crippen LogP contribution is 2.45. The van der Waals surface area contributed by atoms with Crippen LogP contribution in [0.1, 0.15) is 0 Å². The normalized spacial score (nSPS) is 11.8. The zero-order valence-corrected chi connectivity index (χ0v) is 34.7. The summed E-state index contributed by atoms with van der Waals surface area (Å²) in [5.74, 6) is 1.89. The molecule has 5 nitrogen and oxygen atoms in total. The Labute approximate surface area is 366 Å². The molecular weight excluding hydrogens is 787 g/mol. The maximum absolute atomic E-state index is 5.48. The van der Waals surface area contributed by atoms with Gasteiger partial charge in [-0.3, -0.25) is 0 Å².